The third-order valence-corrected chi connectivity index (χ3v) is 4.85. The van der Waals surface area contributed by atoms with Crippen molar-refractivity contribution in [2.75, 3.05) is 19.8 Å². The van der Waals surface area contributed by atoms with Crippen molar-refractivity contribution in [3.05, 3.63) is 65.2 Å². The third kappa shape index (κ3) is 3.34. The lowest BCUT2D eigenvalue weighted by atomic mass is 9.97. The number of aliphatic hydroxyl groups is 1. The lowest BCUT2D eigenvalue weighted by Gasteiger charge is -2.40. The molecule has 146 valence electrons. The van der Waals surface area contributed by atoms with E-state index in [2.05, 4.69) is 5.32 Å². The second-order valence-corrected chi connectivity index (χ2v) is 6.96. The zero-order valence-electron chi connectivity index (χ0n) is 15.3. The van der Waals surface area contributed by atoms with E-state index in [4.69, 9.17) is 13.9 Å². The minimum absolute atomic E-state index is 0.0709. The van der Waals surface area contributed by atoms with E-state index >= 15 is 0 Å². The molecule has 0 unspecified atom stereocenters. The lowest BCUT2D eigenvalue weighted by molar-refractivity contribution is -0.0919. The van der Waals surface area contributed by atoms with Gasteiger partial charge >= 0.3 is 0 Å². The van der Waals surface area contributed by atoms with Gasteiger partial charge in [0.25, 0.3) is 5.91 Å². The highest BCUT2D eigenvalue weighted by molar-refractivity contribution is 6.07. The molecule has 28 heavy (non-hydrogen) atoms. The molecule has 0 radical (unpaired) electrons. The summed E-state index contributed by atoms with van der Waals surface area (Å²) in [6.07, 6.45) is 0. The predicted octanol–water partition coefficient (Wildman–Crippen LogP) is 2.95. The summed E-state index contributed by atoms with van der Waals surface area (Å²) in [6, 6.07) is 11.5. The van der Waals surface area contributed by atoms with E-state index < -0.39 is 5.54 Å². The van der Waals surface area contributed by atoms with E-state index in [0.29, 0.717) is 33.6 Å². The zero-order chi connectivity index (χ0) is 19.7. The van der Waals surface area contributed by atoms with Gasteiger partial charge in [0.1, 0.15) is 35.1 Å². The van der Waals surface area contributed by atoms with Gasteiger partial charge in [0, 0.05) is 10.9 Å². The Morgan fingerprint density at radius 1 is 1.29 bits per heavy atom. The molecule has 1 amide bonds. The van der Waals surface area contributed by atoms with Crippen molar-refractivity contribution in [1.29, 1.82) is 0 Å². The van der Waals surface area contributed by atoms with Gasteiger partial charge in [-0.3, -0.25) is 4.79 Å². The molecule has 0 bridgehead atoms. The fourth-order valence-corrected chi connectivity index (χ4v) is 3.20. The minimum atomic E-state index is -0.758. The molecule has 1 fully saturated rings. The van der Waals surface area contributed by atoms with E-state index in [9.17, 15) is 14.3 Å². The van der Waals surface area contributed by atoms with Crippen LogP contribution in [0.3, 0.4) is 0 Å². The molecule has 0 spiro atoms. The number of rotatable bonds is 6. The Bertz CT molecular complexity index is 1020. The van der Waals surface area contributed by atoms with Crippen LogP contribution in [0.4, 0.5) is 4.39 Å². The van der Waals surface area contributed by atoms with Gasteiger partial charge in [-0.1, -0.05) is 18.2 Å². The number of carbonyl (C=O) groups is 1. The first-order chi connectivity index (χ1) is 13.5. The first kappa shape index (κ1) is 18.5. The van der Waals surface area contributed by atoms with Crippen LogP contribution < -0.4 is 10.1 Å². The van der Waals surface area contributed by atoms with Crippen LogP contribution in [0.1, 0.15) is 21.7 Å². The predicted molar refractivity (Wildman–Crippen MR) is 99.8 cm³/mol. The van der Waals surface area contributed by atoms with Crippen molar-refractivity contribution in [1.82, 2.24) is 5.32 Å². The Kier molecular flexibility index (Phi) is 4.78. The number of benzene rings is 2. The van der Waals surface area contributed by atoms with Crippen molar-refractivity contribution in [3.63, 3.8) is 0 Å². The van der Waals surface area contributed by atoms with E-state index in [1.807, 2.05) is 0 Å². The number of amides is 1. The molecule has 2 heterocycles. The number of furan rings is 1. The molecule has 1 saturated heterocycles. The summed E-state index contributed by atoms with van der Waals surface area (Å²) < 4.78 is 30.3. The Labute approximate surface area is 160 Å². The molecule has 6 nitrogen and oxygen atoms in total. The van der Waals surface area contributed by atoms with Gasteiger partial charge in [0.2, 0.25) is 0 Å². The molecule has 0 atom stereocenters. The maximum atomic E-state index is 13.8. The number of nitrogens with one attached hydrogen (secondary N) is 1. The Hall–Kier alpha value is -2.90. The highest BCUT2D eigenvalue weighted by Gasteiger charge is 2.40. The van der Waals surface area contributed by atoms with Crippen LogP contribution in [-0.2, 0) is 11.3 Å². The van der Waals surface area contributed by atoms with Crippen LogP contribution in [0, 0.1) is 12.7 Å². The van der Waals surface area contributed by atoms with Crippen LogP contribution in [0.15, 0.2) is 46.9 Å². The summed E-state index contributed by atoms with van der Waals surface area (Å²) >= 11 is 0. The van der Waals surface area contributed by atoms with Gasteiger partial charge in [0.15, 0.2) is 0 Å². The molecular weight excluding hydrogens is 365 g/mol. The third-order valence-electron chi connectivity index (χ3n) is 4.85. The summed E-state index contributed by atoms with van der Waals surface area (Å²) in [4.78, 5) is 12.8. The average molecular weight is 385 g/mol. The number of aliphatic hydroxyl groups excluding tert-OH is 1. The van der Waals surface area contributed by atoms with Gasteiger partial charge in [0.05, 0.1) is 25.4 Å². The summed E-state index contributed by atoms with van der Waals surface area (Å²) in [7, 11) is 0. The van der Waals surface area contributed by atoms with E-state index in [0.717, 1.165) is 0 Å². The largest absolute Gasteiger partial charge is 0.489 e. The van der Waals surface area contributed by atoms with E-state index in [1.54, 1.807) is 43.3 Å². The maximum absolute atomic E-state index is 13.8. The molecule has 4 rings (SSSR count). The number of hydrogen-bond acceptors (Lipinski definition) is 5. The standard InChI is InChI=1S/C21H20FNO5/c1-13-19(20(25)23-21(10-24)11-26-12-21)16-8-15(6-7-18(16)28-13)27-9-14-4-2-3-5-17(14)22/h2-8,24H,9-12H2,1H3,(H,23,25). The molecule has 0 saturated carbocycles. The zero-order valence-corrected chi connectivity index (χ0v) is 15.3. The number of halogens is 1. The van der Waals surface area contributed by atoms with Crippen molar-refractivity contribution in [3.8, 4) is 5.75 Å². The summed E-state index contributed by atoms with van der Waals surface area (Å²) in [6.45, 7) is 2.10. The molecule has 0 aliphatic carbocycles. The maximum Gasteiger partial charge on any atom is 0.256 e. The van der Waals surface area contributed by atoms with Crippen molar-refractivity contribution in [2.24, 2.45) is 0 Å². The number of hydrogen-bond donors (Lipinski definition) is 2. The molecule has 2 N–H and O–H groups in total. The van der Waals surface area contributed by atoms with Crippen molar-refractivity contribution < 1.29 is 28.2 Å². The average Bonchev–Trinajstić information content (AvgIpc) is 2.99. The molecular formula is C21H20FNO5. The first-order valence-corrected chi connectivity index (χ1v) is 8.92. The number of fused-ring (bicyclic) bond motifs is 1. The van der Waals surface area contributed by atoms with Crippen molar-refractivity contribution in [2.45, 2.75) is 19.1 Å². The van der Waals surface area contributed by atoms with E-state index in [1.165, 1.54) is 6.07 Å². The number of carbonyl (C=O) groups excluding carboxylic acids is 1. The van der Waals surface area contributed by atoms with Gasteiger partial charge in [-0.05, 0) is 31.2 Å². The topological polar surface area (TPSA) is 80.9 Å². The molecule has 1 aliphatic rings. The summed E-state index contributed by atoms with van der Waals surface area (Å²) in [5.41, 5.74) is 0.611. The number of aryl methyl sites for hydroxylation is 1. The second kappa shape index (κ2) is 7.26. The van der Waals surface area contributed by atoms with Crippen LogP contribution in [0.25, 0.3) is 11.0 Å². The summed E-state index contributed by atoms with van der Waals surface area (Å²) in [5.74, 6) is 0.279. The highest BCUT2D eigenvalue weighted by Crippen LogP contribution is 2.30. The van der Waals surface area contributed by atoms with Crippen molar-refractivity contribution >= 4 is 16.9 Å². The minimum Gasteiger partial charge on any atom is -0.489 e. The molecule has 2 aromatic carbocycles. The quantitative estimate of drug-likeness (QED) is 0.682. The fourth-order valence-electron chi connectivity index (χ4n) is 3.20. The van der Waals surface area contributed by atoms with E-state index in [-0.39, 0.29) is 38.2 Å². The second-order valence-electron chi connectivity index (χ2n) is 6.96. The molecule has 1 aromatic heterocycles. The lowest BCUT2D eigenvalue weighted by Crippen LogP contribution is -2.64. The summed E-state index contributed by atoms with van der Waals surface area (Å²) in [5, 5.41) is 13.0. The SMILES string of the molecule is Cc1oc2ccc(OCc3ccccc3F)cc2c1C(=O)NC1(CO)COC1. The Balaban J connectivity index is 1.59. The van der Waals surface area contributed by atoms with Gasteiger partial charge in [-0.25, -0.2) is 4.39 Å². The van der Waals surface area contributed by atoms with Gasteiger partial charge in [-0.2, -0.15) is 0 Å². The fraction of sp³-hybridized carbons (Fsp3) is 0.286. The molecule has 7 heteroatoms. The monoisotopic (exact) mass is 385 g/mol. The van der Waals surface area contributed by atoms with Crippen LogP contribution in [0.5, 0.6) is 5.75 Å². The normalized spacial score (nSPS) is 15.2. The Morgan fingerprint density at radius 2 is 2.07 bits per heavy atom. The van der Waals surface area contributed by atoms with Crippen LogP contribution in [0.2, 0.25) is 0 Å². The van der Waals surface area contributed by atoms with Gasteiger partial charge < -0.3 is 24.3 Å². The van der Waals surface area contributed by atoms with Crippen LogP contribution >= 0.6 is 0 Å². The molecule has 3 aromatic rings. The molecule has 1 aliphatic heterocycles. The first-order valence-electron chi connectivity index (χ1n) is 8.92. The highest BCUT2D eigenvalue weighted by atomic mass is 19.1. The smallest absolute Gasteiger partial charge is 0.256 e. The number of ether oxygens (including phenoxy) is 2. The Morgan fingerprint density at radius 3 is 2.75 bits per heavy atom. The van der Waals surface area contributed by atoms with Crippen LogP contribution in [-0.4, -0.2) is 36.4 Å². The van der Waals surface area contributed by atoms with Gasteiger partial charge in [-0.15, -0.1) is 0 Å².